The lowest BCUT2D eigenvalue weighted by atomic mass is 9.78. The number of ether oxygens (including phenoxy) is 1. The van der Waals surface area contributed by atoms with Gasteiger partial charge in [-0.3, -0.25) is 19.9 Å². The van der Waals surface area contributed by atoms with Crippen LogP contribution in [-0.2, 0) is 9.53 Å². The predicted molar refractivity (Wildman–Crippen MR) is 127 cm³/mol. The third-order valence-corrected chi connectivity index (χ3v) is 8.71. The standard InChI is InChI=1S/C23H41N9O2/c1-23(2,14-24)15-9-27-21-19(20(25)29-32(21)11-15)22(33)28-17-10-26-4-3-18(17)31-7-5-30(6-8-31)16-12-34-13-16/h15-21,26-27,29H,3-13,25H2,1-2H3,(H,28,33). The number of piperidine rings is 1. The first-order valence-electron chi connectivity index (χ1n) is 12.9. The van der Waals surface area contributed by atoms with Gasteiger partial charge in [-0.25, -0.2) is 10.4 Å². The van der Waals surface area contributed by atoms with Crippen LogP contribution in [0.2, 0.25) is 0 Å². The molecule has 5 aliphatic heterocycles. The van der Waals surface area contributed by atoms with Gasteiger partial charge in [-0.15, -0.1) is 0 Å². The number of nitrogens with zero attached hydrogens (tertiary/aromatic N) is 4. The van der Waals surface area contributed by atoms with E-state index in [0.717, 1.165) is 58.9 Å². The van der Waals surface area contributed by atoms with E-state index in [2.05, 4.69) is 37.2 Å². The van der Waals surface area contributed by atoms with Gasteiger partial charge in [0, 0.05) is 57.8 Å². The summed E-state index contributed by atoms with van der Waals surface area (Å²) in [6.45, 7) is 13.0. The predicted octanol–water partition coefficient (Wildman–Crippen LogP) is -2.33. The van der Waals surface area contributed by atoms with Crippen molar-refractivity contribution in [2.75, 3.05) is 65.6 Å². The summed E-state index contributed by atoms with van der Waals surface area (Å²) in [5.41, 5.74) is 9.26. The zero-order chi connectivity index (χ0) is 23.9. The number of fused-ring (bicyclic) bond motifs is 1. The van der Waals surface area contributed by atoms with E-state index in [9.17, 15) is 10.1 Å². The van der Waals surface area contributed by atoms with Gasteiger partial charge in [-0.1, -0.05) is 0 Å². The van der Waals surface area contributed by atoms with E-state index in [1.54, 1.807) is 0 Å². The summed E-state index contributed by atoms with van der Waals surface area (Å²) in [4.78, 5) is 18.6. The summed E-state index contributed by atoms with van der Waals surface area (Å²) >= 11 is 0. The molecule has 0 aromatic heterocycles. The summed E-state index contributed by atoms with van der Waals surface area (Å²) < 4.78 is 5.37. The summed E-state index contributed by atoms with van der Waals surface area (Å²) in [6, 6.07) is 3.41. The third kappa shape index (κ3) is 4.70. The molecule has 1 amide bonds. The van der Waals surface area contributed by atoms with Crippen LogP contribution in [0.5, 0.6) is 0 Å². The molecular formula is C23H41N9O2. The van der Waals surface area contributed by atoms with Crippen LogP contribution in [-0.4, -0.2) is 117 Å². The number of hydrogen-bond acceptors (Lipinski definition) is 10. The Morgan fingerprint density at radius 3 is 2.59 bits per heavy atom. The Labute approximate surface area is 202 Å². The van der Waals surface area contributed by atoms with Crippen LogP contribution in [0, 0.1) is 28.6 Å². The molecule has 0 saturated carbocycles. The number of rotatable bonds is 5. The normalized spacial score (nSPS) is 38.6. The molecule has 5 aliphatic rings. The molecule has 11 heteroatoms. The van der Waals surface area contributed by atoms with Gasteiger partial charge in [0.05, 0.1) is 55.0 Å². The molecule has 0 aromatic rings. The van der Waals surface area contributed by atoms with Crippen molar-refractivity contribution in [3.8, 4) is 6.07 Å². The number of nitrogens with two attached hydrogens (primary N) is 1. The van der Waals surface area contributed by atoms with Crippen molar-refractivity contribution in [1.82, 2.24) is 36.2 Å². The molecule has 0 aliphatic carbocycles. The Balaban J connectivity index is 1.19. The first-order valence-corrected chi connectivity index (χ1v) is 12.9. The molecule has 11 nitrogen and oxygen atoms in total. The first-order chi connectivity index (χ1) is 16.4. The summed E-state index contributed by atoms with van der Waals surface area (Å²) in [7, 11) is 0. The van der Waals surface area contributed by atoms with Crippen LogP contribution < -0.4 is 27.1 Å². The highest BCUT2D eigenvalue weighted by Crippen LogP contribution is 2.32. The number of nitriles is 1. The lowest BCUT2D eigenvalue weighted by molar-refractivity contribution is -0.128. The van der Waals surface area contributed by atoms with E-state index < -0.39 is 11.6 Å². The van der Waals surface area contributed by atoms with Crippen molar-refractivity contribution in [3.63, 3.8) is 0 Å². The second kappa shape index (κ2) is 9.95. The number of nitrogens with one attached hydrogen (secondary N) is 4. The largest absolute Gasteiger partial charge is 0.378 e. The number of piperazine rings is 1. The van der Waals surface area contributed by atoms with Crippen molar-refractivity contribution >= 4 is 5.91 Å². The number of hydrazine groups is 1. The number of carbonyl (C=O) groups excluding carboxylic acids is 1. The van der Waals surface area contributed by atoms with Gasteiger partial charge < -0.3 is 21.1 Å². The second-order valence-corrected chi connectivity index (χ2v) is 11.2. The molecule has 0 aromatic carbocycles. The molecule has 190 valence electrons. The Bertz CT molecular complexity index is 777. The quantitative estimate of drug-likeness (QED) is 0.295. The van der Waals surface area contributed by atoms with Crippen LogP contribution >= 0.6 is 0 Å². The number of hydrogen-bond donors (Lipinski definition) is 5. The fraction of sp³-hybridized carbons (Fsp3) is 0.913. The molecule has 0 radical (unpaired) electrons. The van der Waals surface area contributed by atoms with E-state index in [-0.39, 0.29) is 30.0 Å². The average molecular weight is 476 g/mol. The number of carbonyl (C=O) groups is 1. The SMILES string of the molecule is CC(C)(C#N)C1CNC2C(C(=O)NC3CNCCC3N3CCN(C4COC4)CC3)C(N)NN2C1. The molecule has 5 heterocycles. The lowest BCUT2D eigenvalue weighted by Crippen LogP contribution is -2.66. The van der Waals surface area contributed by atoms with Crippen LogP contribution in [0.4, 0.5) is 0 Å². The van der Waals surface area contributed by atoms with Crippen LogP contribution in [0.25, 0.3) is 0 Å². The molecule has 6 atom stereocenters. The molecule has 5 rings (SSSR count). The zero-order valence-electron chi connectivity index (χ0n) is 20.5. The van der Waals surface area contributed by atoms with E-state index >= 15 is 0 Å². The molecule has 5 fully saturated rings. The van der Waals surface area contributed by atoms with E-state index in [1.807, 2.05) is 18.9 Å². The Morgan fingerprint density at radius 2 is 1.91 bits per heavy atom. The molecule has 6 N–H and O–H groups in total. The molecule has 34 heavy (non-hydrogen) atoms. The van der Waals surface area contributed by atoms with Gasteiger partial charge in [-0.2, -0.15) is 5.26 Å². The van der Waals surface area contributed by atoms with Gasteiger partial charge in [0.25, 0.3) is 0 Å². The van der Waals surface area contributed by atoms with Crippen molar-refractivity contribution in [1.29, 1.82) is 5.26 Å². The monoisotopic (exact) mass is 475 g/mol. The highest BCUT2D eigenvalue weighted by molar-refractivity contribution is 5.81. The molecule has 0 spiro atoms. The third-order valence-electron chi connectivity index (χ3n) is 8.71. The average Bonchev–Trinajstić information content (AvgIpc) is 3.14. The molecule has 5 saturated heterocycles. The lowest BCUT2D eigenvalue weighted by Gasteiger charge is -2.47. The van der Waals surface area contributed by atoms with E-state index in [1.165, 1.54) is 0 Å². The highest BCUT2D eigenvalue weighted by Gasteiger charge is 2.49. The van der Waals surface area contributed by atoms with Crippen LogP contribution in [0.1, 0.15) is 20.3 Å². The van der Waals surface area contributed by atoms with Crippen molar-refractivity contribution < 1.29 is 9.53 Å². The Morgan fingerprint density at radius 1 is 1.18 bits per heavy atom. The van der Waals surface area contributed by atoms with Gasteiger partial charge in [0.15, 0.2) is 0 Å². The van der Waals surface area contributed by atoms with E-state index in [4.69, 9.17) is 10.5 Å². The summed E-state index contributed by atoms with van der Waals surface area (Å²) in [5.74, 6) is -0.224. The van der Waals surface area contributed by atoms with Crippen LogP contribution in [0.15, 0.2) is 0 Å². The van der Waals surface area contributed by atoms with Gasteiger partial charge >= 0.3 is 0 Å². The minimum Gasteiger partial charge on any atom is -0.378 e. The van der Waals surface area contributed by atoms with Crippen molar-refractivity contribution in [2.45, 2.75) is 50.7 Å². The van der Waals surface area contributed by atoms with E-state index in [0.29, 0.717) is 25.2 Å². The van der Waals surface area contributed by atoms with Crippen LogP contribution in [0.3, 0.4) is 0 Å². The number of amides is 1. The Kier molecular flexibility index (Phi) is 7.12. The molecule has 6 unspecified atom stereocenters. The van der Waals surface area contributed by atoms with Crippen molar-refractivity contribution in [2.24, 2.45) is 23.0 Å². The maximum absolute atomic E-state index is 13.5. The topological polar surface area (TPSA) is 134 Å². The minimum absolute atomic E-state index is 0.00180. The zero-order valence-corrected chi connectivity index (χ0v) is 20.5. The maximum atomic E-state index is 13.5. The summed E-state index contributed by atoms with van der Waals surface area (Å²) in [6.07, 6.45) is 0.416. The smallest absolute Gasteiger partial charge is 0.229 e. The minimum atomic E-state index is -0.454. The fourth-order valence-electron chi connectivity index (χ4n) is 6.17. The highest BCUT2D eigenvalue weighted by atomic mass is 16.5. The molecule has 0 bridgehead atoms. The van der Waals surface area contributed by atoms with Gasteiger partial charge in [0.2, 0.25) is 5.91 Å². The second-order valence-electron chi connectivity index (χ2n) is 11.2. The van der Waals surface area contributed by atoms with Gasteiger partial charge in [-0.05, 0) is 26.8 Å². The maximum Gasteiger partial charge on any atom is 0.229 e. The van der Waals surface area contributed by atoms with Gasteiger partial charge in [0.1, 0.15) is 0 Å². The Hall–Kier alpha value is -1.36. The fourth-order valence-corrected chi connectivity index (χ4v) is 6.17. The molecular weight excluding hydrogens is 434 g/mol. The first kappa shape index (κ1) is 24.3. The summed E-state index contributed by atoms with van der Waals surface area (Å²) in [5, 5.41) is 21.9. The van der Waals surface area contributed by atoms with Crippen molar-refractivity contribution in [3.05, 3.63) is 0 Å².